The van der Waals surface area contributed by atoms with Crippen LogP contribution in [0.25, 0.3) is 11.0 Å². The van der Waals surface area contributed by atoms with Gasteiger partial charge in [-0.25, -0.2) is 0 Å². The second kappa shape index (κ2) is 6.00. The molecule has 3 rings (SSSR count). The minimum absolute atomic E-state index is 0.0661. The summed E-state index contributed by atoms with van der Waals surface area (Å²) in [7, 11) is 0. The van der Waals surface area contributed by atoms with Crippen molar-refractivity contribution in [1.29, 1.82) is 0 Å². The number of furan rings is 1. The lowest BCUT2D eigenvalue weighted by Crippen LogP contribution is -2.44. The molecule has 2 unspecified atom stereocenters. The molecule has 5 nitrogen and oxygen atoms in total. The molecule has 0 spiro atoms. The first-order valence-corrected chi connectivity index (χ1v) is 8.38. The molecule has 1 aliphatic rings. The predicted molar refractivity (Wildman–Crippen MR) is 89.5 cm³/mol. The lowest BCUT2D eigenvalue weighted by Gasteiger charge is -2.34. The van der Waals surface area contributed by atoms with E-state index in [1.807, 2.05) is 26.0 Å². The van der Waals surface area contributed by atoms with Crippen molar-refractivity contribution >= 4 is 38.8 Å². The predicted octanol–water partition coefficient (Wildman–Crippen LogP) is 3.69. The van der Waals surface area contributed by atoms with Gasteiger partial charge in [0.25, 0.3) is 5.91 Å². The van der Waals surface area contributed by atoms with Crippen LogP contribution in [0.4, 0.5) is 0 Å². The Balaban J connectivity index is 1.84. The standard InChI is InChI=1S/C17H18BrNO4/c1-9-5-11-7-14(23-15(11)13(18)6-9)16(20)19-4-3-12(17(21)22)10(2)8-19/h5-7,10,12H,3-4,8H2,1-2H3,(H,21,22). The van der Waals surface area contributed by atoms with E-state index in [-0.39, 0.29) is 17.7 Å². The molecule has 0 bridgehead atoms. The number of fused-ring (bicyclic) bond motifs is 1. The summed E-state index contributed by atoms with van der Waals surface area (Å²) in [5, 5.41) is 10.1. The Morgan fingerprint density at radius 3 is 2.74 bits per heavy atom. The van der Waals surface area contributed by atoms with Gasteiger partial charge in [-0.3, -0.25) is 9.59 Å². The number of carboxylic acids is 1. The minimum Gasteiger partial charge on any atom is -0.481 e. The highest BCUT2D eigenvalue weighted by atomic mass is 79.9. The molecule has 122 valence electrons. The van der Waals surface area contributed by atoms with Crippen molar-refractivity contribution in [2.24, 2.45) is 11.8 Å². The summed E-state index contributed by atoms with van der Waals surface area (Å²) in [5.74, 6) is -1.11. The molecule has 6 heteroatoms. The second-order valence-corrected chi connectivity index (χ2v) is 7.09. The minimum atomic E-state index is -0.784. The molecule has 2 aromatic rings. The molecule has 0 saturated carbocycles. The van der Waals surface area contributed by atoms with Crippen LogP contribution >= 0.6 is 15.9 Å². The third-order valence-electron chi connectivity index (χ3n) is 4.44. The van der Waals surface area contributed by atoms with Gasteiger partial charge >= 0.3 is 5.97 Å². The molecular formula is C17H18BrNO4. The monoisotopic (exact) mass is 379 g/mol. The highest BCUT2D eigenvalue weighted by molar-refractivity contribution is 9.10. The zero-order chi connectivity index (χ0) is 16.7. The van der Waals surface area contributed by atoms with E-state index in [1.165, 1.54) is 0 Å². The molecule has 1 aromatic carbocycles. The van der Waals surface area contributed by atoms with Crippen LogP contribution in [0.2, 0.25) is 0 Å². The number of rotatable bonds is 2. The fourth-order valence-electron chi connectivity index (χ4n) is 3.21. The fraction of sp³-hybridized carbons (Fsp3) is 0.412. The number of carboxylic acid groups (broad SMARTS) is 1. The lowest BCUT2D eigenvalue weighted by atomic mass is 9.87. The molecular weight excluding hydrogens is 362 g/mol. The number of aliphatic carboxylic acids is 1. The van der Waals surface area contributed by atoms with Gasteiger partial charge in [-0.15, -0.1) is 0 Å². The van der Waals surface area contributed by atoms with Crippen LogP contribution in [-0.2, 0) is 4.79 Å². The number of hydrogen-bond donors (Lipinski definition) is 1. The Morgan fingerprint density at radius 2 is 2.09 bits per heavy atom. The highest BCUT2D eigenvalue weighted by Crippen LogP contribution is 2.30. The van der Waals surface area contributed by atoms with Crippen LogP contribution < -0.4 is 0 Å². The van der Waals surface area contributed by atoms with Gasteiger partial charge in [-0.05, 0) is 59.0 Å². The maximum absolute atomic E-state index is 12.7. The number of hydrogen-bond acceptors (Lipinski definition) is 3. The molecule has 0 radical (unpaired) electrons. The van der Waals surface area contributed by atoms with E-state index in [9.17, 15) is 14.7 Å². The van der Waals surface area contributed by atoms with Gasteiger partial charge in [0.15, 0.2) is 5.76 Å². The van der Waals surface area contributed by atoms with Crippen molar-refractivity contribution in [3.8, 4) is 0 Å². The molecule has 2 heterocycles. The molecule has 2 atom stereocenters. The number of halogens is 1. The number of aryl methyl sites for hydroxylation is 1. The van der Waals surface area contributed by atoms with E-state index in [2.05, 4.69) is 15.9 Å². The summed E-state index contributed by atoms with van der Waals surface area (Å²) in [5.41, 5.74) is 1.74. The molecule has 0 aliphatic carbocycles. The molecule has 23 heavy (non-hydrogen) atoms. The van der Waals surface area contributed by atoms with Crippen molar-refractivity contribution in [1.82, 2.24) is 4.90 Å². The van der Waals surface area contributed by atoms with Crippen molar-refractivity contribution in [3.63, 3.8) is 0 Å². The summed E-state index contributed by atoms with van der Waals surface area (Å²) in [6, 6.07) is 5.67. The SMILES string of the molecule is Cc1cc(Br)c2oc(C(=O)N3CCC(C(=O)O)C(C)C3)cc2c1. The Morgan fingerprint density at radius 1 is 1.35 bits per heavy atom. The zero-order valence-corrected chi connectivity index (χ0v) is 14.6. The lowest BCUT2D eigenvalue weighted by molar-refractivity contribution is -0.145. The molecule has 1 aliphatic heterocycles. The van der Waals surface area contributed by atoms with E-state index < -0.39 is 5.97 Å². The van der Waals surface area contributed by atoms with Crippen molar-refractivity contribution in [2.45, 2.75) is 20.3 Å². The van der Waals surface area contributed by atoms with Gasteiger partial charge < -0.3 is 14.4 Å². The summed E-state index contributed by atoms with van der Waals surface area (Å²) >= 11 is 3.46. The van der Waals surface area contributed by atoms with Gasteiger partial charge in [0.1, 0.15) is 5.58 Å². The maximum Gasteiger partial charge on any atom is 0.306 e. The van der Waals surface area contributed by atoms with Crippen LogP contribution in [0.3, 0.4) is 0 Å². The Bertz CT molecular complexity index is 782. The number of likely N-dealkylation sites (tertiary alicyclic amines) is 1. The van der Waals surface area contributed by atoms with Gasteiger partial charge in [0, 0.05) is 18.5 Å². The quantitative estimate of drug-likeness (QED) is 0.863. The number of nitrogens with zero attached hydrogens (tertiary/aromatic N) is 1. The summed E-state index contributed by atoms with van der Waals surface area (Å²) < 4.78 is 6.55. The highest BCUT2D eigenvalue weighted by Gasteiger charge is 2.34. The topological polar surface area (TPSA) is 70.8 Å². The first-order valence-electron chi connectivity index (χ1n) is 7.58. The summed E-state index contributed by atoms with van der Waals surface area (Å²) in [4.78, 5) is 25.5. The summed E-state index contributed by atoms with van der Waals surface area (Å²) in [6.07, 6.45) is 0.477. The third-order valence-corrected chi connectivity index (χ3v) is 5.02. The first-order chi connectivity index (χ1) is 10.9. The third kappa shape index (κ3) is 3.00. The van der Waals surface area contributed by atoms with Crippen molar-refractivity contribution in [3.05, 3.63) is 34.0 Å². The van der Waals surface area contributed by atoms with E-state index in [0.29, 0.717) is 30.9 Å². The van der Waals surface area contributed by atoms with Crippen LogP contribution in [0.5, 0.6) is 0 Å². The molecule has 1 saturated heterocycles. The Labute approximate surface area is 142 Å². The normalized spacial score (nSPS) is 21.6. The van der Waals surface area contributed by atoms with E-state index in [0.717, 1.165) is 15.4 Å². The van der Waals surface area contributed by atoms with Gasteiger partial charge in [-0.1, -0.05) is 6.92 Å². The Hall–Kier alpha value is -1.82. The van der Waals surface area contributed by atoms with Gasteiger partial charge in [0.05, 0.1) is 10.4 Å². The largest absolute Gasteiger partial charge is 0.481 e. The van der Waals surface area contributed by atoms with Crippen LogP contribution in [0.15, 0.2) is 27.1 Å². The molecule has 1 N–H and O–H groups in total. The van der Waals surface area contributed by atoms with Gasteiger partial charge in [-0.2, -0.15) is 0 Å². The second-order valence-electron chi connectivity index (χ2n) is 6.24. The van der Waals surface area contributed by atoms with Crippen molar-refractivity contribution in [2.75, 3.05) is 13.1 Å². The number of carbonyl (C=O) groups is 2. The zero-order valence-electron chi connectivity index (χ0n) is 13.0. The van der Waals surface area contributed by atoms with Crippen molar-refractivity contribution < 1.29 is 19.1 Å². The summed E-state index contributed by atoms with van der Waals surface area (Å²) in [6.45, 7) is 4.73. The number of benzene rings is 1. The molecule has 1 aromatic heterocycles. The molecule has 1 amide bonds. The van der Waals surface area contributed by atoms with Gasteiger partial charge in [0.2, 0.25) is 0 Å². The Kier molecular flexibility index (Phi) is 4.19. The number of carbonyl (C=O) groups excluding carboxylic acids is 1. The fourth-order valence-corrected chi connectivity index (χ4v) is 3.88. The first kappa shape index (κ1) is 16.1. The number of amides is 1. The van der Waals surface area contributed by atoms with E-state index in [1.54, 1.807) is 11.0 Å². The smallest absolute Gasteiger partial charge is 0.306 e. The van der Waals surface area contributed by atoms with Crippen LogP contribution in [0, 0.1) is 18.8 Å². The van der Waals surface area contributed by atoms with E-state index >= 15 is 0 Å². The number of piperidine rings is 1. The average Bonchev–Trinajstić information content (AvgIpc) is 2.90. The maximum atomic E-state index is 12.7. The van der Waals surface area contributed by atoms with E-state index in [4.69, 9.17) is 4.42 Å². The average molecular weight is 380 g/mol. The van der Waals surface area contributed by atoms with Crippen LogP contribution in [0.1, 0.15) is 29.5 Å². The molecule has 1 fully saturated rings. The van der Waals surface area contributed by atoms with Crippen LogP contribution in [-0.4, -0.2) is 35.0 Å².